The van der Waals surface area contributed by atoms with Crippen molar-refractivity contribution in [2.24, 2.45) is 7.05 Å². The molecule has 17 heavy (non-hydrogen) atoms. The minimum absolute atomic E-state index is 0.0214. The number of rotatable bonds is 0. The Hall–Kier alpha value is -1.26. The number of halogens is 3. The molecule has 5 heteroatoms. The number of hydrogen-bond donors (Lipinski definition) is 0. The highest BCUT2D eigenvalue weighted by Crippen LogP contribution is 2.34. The van der Waals surface area contributed by atoms with Crippen LogP contribution in [0.2, 0.25) is 0 Å². The van der Waals surface area contributed by atoms with Gasteiger partial charge in [-0.1, -0.05) is 20.8 Å². The second-order valence-electron chi connectivity index (χ2n) is 5.21. The van der Waals surface area contributed by atoms with Crippen LogP contribution >= 0.6 is 0 Å². The molecule has 1 rings (SSSR count). The van der Waals surface area contributed by atoms with E-state index in [-0.39, 0.29) is 16.7 Å². The minimum Gasteiger partial charge on any atom is -0.318 e. The molecule has 0 aliphatic heterocycles. The fourth-order valence-corrected chi connectivity index (χ4v) is 1.99. The molecule has 0 atom stereocenters. The number of aromatic nitrogens is 1. The van der Waals surface area contributed by atoms with Crippen molar-refractivity contribution in [2.75, 3.05) is 0 Å². The third-order valence-corrected chi connectivity index (χ3v) is 2.69. The van der Waals surface area contributed by atoms with E-state index in [1.165, 1.54) is 14.0 Å². The van der Waals surface area contributed by atoms with Gasteiger partial charge in [0.1, 0.15) is 0 Å². The molecule has 2 nitrogen and oxygen atoms in total. The summed E-state index contributed by atoms with van der Waals surface area (Å²) in [5.41, 5.74) is -1.49. The Labute approximate surface area is 98.1 Å². The zero-order valence-corrected chi connectivity index (χ0v) is 10.6. The molecule has 0 aliphatic rings. The molecule has 1 aromatic rings. The Kier molecular flexibility index (Phi) is 3.16. The van der Waals surface area contributed by atoms with Gasteiger partial charge in [-0.2, -0.15) is 13.2 Å². The molecule has 0 unspecified atom stereocenters. The zero-order valence-electron chi connectivity index (χ0n) is 10.6. The molecule has 0 bridgehead atoms. The molecule has 0 aromatic carbocycles. The Morgan fingerprint density at radius 1 is 1.18 bits per heavy atom. The van der Waals surface area contributed by atoms with Crippen molar-refractivity contribution in [3.8, 4) is 0 Å². The predicted octanol–water partition coefficient (Wildman–Crippen LogP) is 3.01. The smallest absolute Gasteiger partial charge is 0.318 e. The number of alkyl halides is 3. The fraction of sp³-hybridized carbons (Fsp3) is 0.583. The molecule has 0 N–H and O–H groups in total. The van der Waals surface area contributed by atoms with Crippen LogP contribution in [-0.4, -0.2) is 4.57 Å². The lowest BCUT2D eigenvalue weighted by Crippen LogP contribution is -2.32. The van der Waals surface area contributed by atoms with E-state index in [1.807, 2.05) is 0 Å². The van der Waals surface area contributed by atoms with Crippen molar-refractivity contribution < 1.29 is 13.2 Å². The Balaban J connectivity index is 3.74. The molecule has 1 aromatic heterocycles. The Morgan fingerprint density at radius 2 is 1.65 bits per heavy atom. The first-order valence-electron chi connectivity index (χ1n) is 5.24. The molecule has 0 aliphatic carbocycles. The van der Waals surface area contributed by atoms with Gasteiger partial charge in [0, 0.05) is 18.8 Å². The van der Waals surface area contributed by atoms with Crippen LogP contribution in [0.1, 0.15) is 37.5 Å². The Morgan fingerprint density at radius 3 is 2.00 bits per heavy atom. The maximum absolute atomic E-state index is 12.8. The predicted molar refractivity (Wildman–Crippen MR) is 60.1 cm³/mol. The topological polar surface area (TPSA) is 22.0 Å². The quantitative estimate of drug-likeness (QED) is 0.690. The number of pyridine rings is 1. The van der Waals surface area contributed by atoms with E-state index >= 15 is 0 Å². The molecule has 96 valence electrons. The summed E-state index contributed by atoms with van der Waals surface area (Å²) in [4.78, 5) is 11.9. The highest BCUT2D eigenvalue weighted by atomic mass is 19.4. The highest BCUT2D eigenvalue weighted by molar-refractivity contribution is 5.37. The fourth-order valence-electron chi connectivity index (χ4n) is 1.99. The van der Waals surface area contributed by atoms with Crippen molar-refractivity contribution in [1.29, 1.82) is 0 Å². The summed E-state index contributed by atoms with van der Waals surface area (Å²) in [5, 5.41) is 0. The van der Waals surface area contributed by atoms with E-state index in [0.717, 1.165) is 10.8 Å². The molecule has 0 saturated carbocycles. The van der Waals surface area contributed by atoms with Crippen LogP contribution in [0.4, 0.5) is 13.2 Å². The van der Waals surface area contributed by atoms with Gasteiger partial charge in [-0.25, -0.2) is 0 Å². The Bertz CT molecular complexity index is 492. The van der Waals surface area contributed by atoms with Gasteiger partial charge in [-0.05, 0) is 17.9 Å². The van der Waals surface area contributed by atoms with E-state index in [9.17, 15) is 18.0 Å². The molecule has 0 spiro atoms. The standard InChI is InChI=1S/C12H16F3NO/c1-7-8(12(13,14)15)6-16(5)10(17)9(7)11(2,3)4/h6H,1-5H3. The first-order valence-corrected chi connectivity index (χ1v) is 5.24. The van der Waals surface area contributed by atoms with E-state index in [2.05, 4.69) is 0 Å². The molecule has 0 fully saturated rings. The summed E-state index contributed by atoms with van der Waals surface area (Å²) < 4.78 is 39.4. The third kappa shape index (κ3) is 2.53. The zero-order chi connectivity index (χ0) is 13.6. The normalized spacial score (nSPS) is 12.9. The van der Waals surface area contributed by atoms with Gasteiger partial charge in [-0.3, -0.25) is 4.79 Å². The number of hydrogen-bond acceptors (Lipinski definition) is 1. The van der Waals surface area contributed by atoms with E-state index in [0.29, 0.717) is 0 Å². The molecule has 1 heterocycles. The second kappa shape index (κ2) is 3.89. The van der Waals surface area contributed by atoms with Crippen LogP contribution in [0, 0.1) is 6.92 Å². The van der Waals surface area contributed by atoms with Crippen LogP contribution in [0.25, 0.3) is 0 Å². The highest BCUT2D eigenvalue weighted by Gasteiger charge is 2.36. The van der Waals surface area contributed by atoms with Crippen molar-refractivity contribution >= 4 is 0 Å². The monoisotopic (exact) mass is 247 g/mol. The van der Waals surface area contributed by atoms with Gasteiger partial charge in [0.2, 0.25) is 0 Å². The third-order valence-electron chi connectivity index (χ3n) is 2.69. The second-order valence-corrected chi connectivity index (χ2v) is 5.21. The molecule has 0 amide bonds. The maximum Gasteiger partial charge on any atom is 0.418 e. The van der Waals surface area contributed by atoms with E-state index < -0.39 is 17.2 Å². The molecular weight excluding hydrogens is 231 g/mol. The van der Waals surface area contributed by atoms with Crippen molar-refractivity contribution in [1.82, 2.24) is 4.57 Å². The molecular formula is C12H16F3NO. The molecule has 0 radical (unpaired) electrons. The maximum atomic E-state index is 12.8. The first-order chi connectivity index (χ1) is 7.46. The SMILES string of the molecule is Cc1c(C(F)(F)F)cn(C)c(=O)c1C(C)(C)C. The van der Waals surface area contributed by atoms with Gasteiger partial charge in [-0.15, -0.1) is 0 Å². The van der Waals surface area contributed by atoms with Crippen molar-refractivity contribution in [3.63, 3.8) is 0 Å². The van der Waals surface area contributed by atoms with E-state index in [4.69, 9.17) is 0 Å². The van der Waals surface area contributed by atoms with Crippen LogP contribution < -0.4 is 5.56 Å². The van der Waals surface area contributed by atoms with Crippen LogP contribution in [0.3, 0.4) is 0 Å². The molecule has 0 saturated heterocycles. The van der Waals surface area contributed by atoms with Gasteiger partial charge in [0.15, 0.2) is 0 Å². The average molecular weight is 247 g/mol. The minimum atomic E-state index is -4.43. The summed E-state index contributed by atoms with van der Waals surface area (Å²) in [6.07, 6.45) is -3.58. The van der Waals surface area contributed by atoms with Crippen LogP contribution in [0.15, 0.2) is 11.0 Å². The lowest BCUT2D eigenvalue weighted by molar-refractivity contribution is -0.138. The van der Waals surface area contributed by atoms with Gasteiger partial charge in [0.05, 0.1) is 5.56 Å². The lowest BCUT2D eigenvalue weighted by Gasteiger charge is -2.24. The summed E-state index contributed by atoms with van der Waals surface area (Å²) in [7, 11) is 1.34. The number of nitrogens with zero attached hydrogens (tertiary/aromatic N) is 1. The van der Waals surface area contributed by atoms with Crippen molar-refractivity contribution in [3.05, 3.63) is 33.2 Å². The van der Waals surface area contributed by atoms with Crippen molar-refractivity contribution in [2.45, 2.75) is 39.3 Å². The average Bonchev–Trinajstić information content (AvgIpc) is 2.07. The van der Waals surface area contributed by atoms with Crippen LogP contribution in [-0.2, 0) is 18.6 Å². The van der Waals surface area contributed by atoms with Crippen LogP contribution in [0.5, 0.6) is 0 Å². The first kappa shape index (κ1) is 13.8. The summed E-state index contributed by atoms with van der Waals surface area (Å²) in [6.45, 7) is 6.55. The van der Waals surface area contributed by atoms with Gasteiger partial charge in [0.25, 0.3) is 5.56 Å². The lowest BCUT2D eigenvalue weighted by atomic mass is 9.83. The number of aryl methyl sites for hydroxylation is 1. The summed E-state index contributed by atoms with van der Waals surface area (Å²) in [5.74, 6) is 0. The largest absolute Gasteiger partial charge is 0.418 e. The summed E-state index contributed by atoms with van der Waals surface area (Å²) >= 11 is 0. The van der Waals surface area contributed by atoms with Gasteiger partial charge >= 0.3 is 6.18 Å². The van der Waals surface area contributed by atoms with E-state index in [1.54, 1.807) is 20.8 Å². The van der Waals surface area contributed by atoms with Gasteiger partial charge < -0.3 is 4.57 Å². The summed E-state index contributed by atoms with van der Waals surface area (Å²) in [6, 6.07) is 0.